The molecule has 1 N–H and O–H groups in total. The molecule has 0 atom stereocenters. The molecule has 2 aromatic rings. The second-order valence-electron chi connectivity index (χ2n) is 3.31. The molecule has 0 fully saturated rings. The van der Waals surface area contributed by atoms with Crippen molar-refractivity contribution in [2.24, 2.45) is 0 Å². The first-order valence-electron chi connectivity index (χ1n) is 4.75. The standard InChI is InChI=1S/C13H10FO2/c1-16-11-5-6-12(13(15)8-11)9-3-2-4-10(14)7-9/h2-5,7-8,15H,1H3. The fraction of sp³-hybridized carbons (Fsp3) is 0.0769. The van der Waals surface area contributed by atoms with Crippen molar-refractivity contribution in [3.05, 3.63) is 48.3 Å². The van der Waals surface area contributed by atoms with Gasteiger partial charge in [-0.1, -0.05) is 12.1 Å². The van der Waals surface area contributed by atoms with Gasteiger partial charge in [0, 0.05) is 11.6 Å². The summed E-state index contributed by atoms with van der Waals surface area (Å²) >= 11 is 0. The predicted octanol–water partition coefficient (Wildman–Crippen LogP) is 3.01. The number of hydrogen-bond donors (Lipinski definition) is 1. The minimum Gasteiger partial charge on any atom is -0.507 e. The van der Waals surface area contributed by atoms with Gasteiger partial charge in [-0.05, 0) is 29.8 Å². The van der Waals surface area contributed by atoms with E-state index in [1.54, 1.807) is 18.2 Å². The van der Waals surface area contributed by atoms with Crippen molar-refractivity contribution in [1.82, 2.24) is 0 Å². The zero-order valence-corrected chi connectivity index (χ0v) is 8.70. The van der Waals surface area contributed by atoms with Crippen LogP contribution in [0.15, 0.2) is 36.4 Å². The molecule has 0 heterocycles. The van der Waals surface area contributed by atoms with Gasteiger partial charge in [-0.15, -0.1) is 0 Å². The Labute approximate surface area is 92.9 Å². The minimum atomic E-state index is -0.346. The number of benzene rings is 2. The summed E-state index contributed by atoms with van der Waals surface area (Å²) in [6.45, 7) is 0. The van der Waals surface area contributed by atoms with Gasteiger partial charge in [-0.3, -0.25) is 0 Å². The molecular formula is C13H10FO2. The van der Waals surface area contributed by atoms with E-state index in [0.717, 1.165) is 0 Å². The Bertz CT molecular complexity index is 509. The highest BCUT2D eigenvalue weighted by Crippen LogP contribution is 2.31. The number of phenolic OH excluding ortho intramolecular Hbond substituents is 1. The summed E-state index contributed by atoms with van der Waals surface area (Å²) < 4.78 is 18.0. The van der Waals surface area contributed by atoms with Crippen LogP contribution in [0.3, 0.4) is 0 Å². The van der Waals surface area contributed by atoms with E-state index < -0.39 is 0 Å². The Morgan fingerprint density at radius 1 is 1.31 bits per heavy atom. The first-order valence-corrected chi connectivity index (χ1v) is 4.75. The summed E-state index contributed by atoms with van der Waals surface area (Å²) in [5.41, 5.74) is 1.04. The third-order valence-electron chi connectivity index (χ3n) is 2.24. The van der Waals surface area contributed by atoms with Gasteiger partial charge in [0.05, 0.1) is 7.11 Å². The first kappa shape index (κ1) is 10.5. The summed E-state index contributed by atoms with van der Waals surface area (Å²) in [5.74, 6) is 0.184. The van der Waals surface area contributed by atoms with Crippen molar-refractivity contribution in [1.29, 1.82) is 0 Å². The summed E-state index contributed by atoms with van der Waals surface area (Å²) in [5, 5.41) is 9.73. The molecular weight excluding hydrogens is 207 g/mol. The van der Waals surface area contributed by atoms with Crippen molar-refractivity contribution < 1.29 is 14.2 Å². The largest absolute Gasteiger partial charge is 0.507 e. The van der Waals surface area contributed by atoms with Crippen LogP contribution in [-0.2, 0) is 0 Å². The maximum Gasteiger partial charge on any atom is 0.127 e. The van der Waals surface area contributed by atoms with Gasteiger partial charge >= 0.3 is 0 Å². The molecule has 0 amide bonds. The zero-order valence-electron chi connectivity index (χ0n) is 8.70. The molecule has 16 heavy (non-hydrogen) atoms. The highest BCUT2D eigenvalue weighted by Gasteiger charge is 2.06. The number of rotatable bonds is 2. The van der Waals surface area contributed by atoms with Gasteiger partial charge in [0.25, 0.3) is 0 Å². The second-order valence-corrected chi connectivity index (χ2v) is 3.31. The van der Waals surface area contributed by atoms with Crippen molar-refractivity contribution in [3.63, 3.8) is 0 Å². The summed E-state index contributed by atoms with van der Waals surface area (Å²) in [7, 11) is 1.50. The van der Waals surface area contributed by atoms with Crippen LogP contribution in [0.4, 0.5) is 4.39 Å². The Morgan fingerprint density at radius 2 is 2.12 bits per heavy atom. The van der Waals surface area contributed by atoms with E-state index in [2.05, 4.69) is 6.07 Å². The van der Waals surface area contributed by atoms with Crippen LogP contribution in [0.5, 0.6) is 11.5 Å². The molecule has 81 valence electrons. The van der Waals surface area contributed by atoms with Crippen LogP contribution >= 0.6 is 0 Å². The maximum atomic E-state index is 13.0. The molecule has 3 heteroatoms. The molecule has 0 spiro atoms. The van der Waals surface area contributed by atoms with E-state index in [9.17, 15) is 9.50 Å². The Morgan fingerprint density at radius 3 is 2.75 bits per heavy atom. The zero-order chi connectivity index (χ0) is 11.5. The van der Waals surface area contributed by atoms with Crippen LogP contribution in [0, 0.1) is 11.9 Å². The summed E-state index contributed by atoms with van der Waals surface area (Å²) in [4.78, 5) is 0. The molecule has 2 nitrogen and oxygen atoms in total. The molecule has 0 saturated carbocycles. The van der Waals surface area contributed by atoms with Crippen molar-refractivity contribution >= 4 is 0 Å². The van der Waals surface area contributed by atoms with E-state index in [0.29, 0.717) is 16.9 Å². The van der Waals surface area contributed by atoms with Crippen LogP contribution in [0.2, 0.25) is 0 Å². The first-order chi connectivity index (χ1) is 7.70. The average molecular weight is 217 g/mol. The van der Waals surface area contributed by atoms with Crippen molar-refractivity contribution in [3.8, 4) is 22.6 Å². The monoisotopic (exact) mass is 217 g/mol. The quantitative estimate of drug-likeness (QED) is 0.837. The van der Waals surface area contributed by atoms with E-state index >= 15 is 0 Å². The van der Waals surface area contributed by atoms with E-state index in [1.165, 1.54) is 25.3 Å². The molecule has 0 aliphatic heterocycles. The molecule has 0 aliphatic rings. The summed E-state index contributed by atoms with van der Waals surface area (Å²) in [6, 6.07) is 11.9. The Hall–Kier alpha value is -2.03. The van der Waals surface area contributed by atoms with Gasteiger partial charge in [-0.25, -0.2) is 4.39 Å². The van der Waals surface area contributed by atoms with Crippen LogP contribution < -0.4 is 4.74 Å². The minimum absolute atomic E-state index is 0.0185. The molecule has 0 bridgehead atoms. The number of halogens is 1. The lowest BCUT2D eigenvalue weighted by atomic mass is 10.0. The van der Waals surface area contributed by atoms with Gasteiger partial charge in [0.2, 0.25) is 0 Å². The average Bonchev–Trinajstić information content (AvgIpc) is 2.28. The fourth-order valence-corrected chi connectivity index (χ4v) is 1.46. The predicted molar refractivity (Wildman–Crippen MR) is 58.9 cm³/mol. The van der Waals surface area contributed by atoms with Gasteiger partial charge in [0.15, 0.2) is 0 Å². The lowest BCUT2D eigenvalue weighted by Crippen LogP contribution is -1.85. The third-order valence-corrected chi connectivity index (χ3v) is 2.24. The van der Waals surface area contributed by atoms with Gasteiger partial charge in [-0.2, -0.15) is 0 Å². The highest BCUT2D eigenvalue weighted by molar-refractivity contribution is 5.70. The Kier molecular flexibility index (Phi) is 2.77. The second kappa shape index (κ2) is 4.23. The number of hydrogen-bond acceptors (Lipinski definition) is 2. The van der Waals surface area contributed by atoms with Crippen LogP contribution in [0.25, 0.3) is 11.1 Å². The normalized spacial score (nSPS) is 10.1. The van der Waals surface area contributed by atoms with E-state index in [-0.39, 0.29) is 11.6 Å². The lowest BCUT2D eigenvalue weighted by Gasteiger charge is -2.06. The highest BCUT2D eigenvalue weighted by atomic mass is 19.1. The van der Waals surface area contributed by atoms with Gasteiger partial charge in [0.1, 0.15) is 17.3 Å². The smallest absolute Gasteiger partial charge is 0.127 e. The fourth-order valence-electron chi connectivity index (χ4n) is 1.46. The number of aromatic hydroxyl groups is 1. The topological polar surface area (TPSA) is 29.5 Å². The molecule has 2 aromatic carbocycles. The molecule has 2 rings (SSSR count). The number of methoxy groups -OCH3 is 1. The SMILES string of the molecule is COc1c[c]c(-c2cccc(F)c2)c(O)c1. The molecule has 0 saturated heterocycles. The van der Waals surface area contributed by atoms with Gasteiger partial charge < -0.3 is 9.84 Å². The molecule has 0 aliphatic carbocycles. The Balaban J connectivity index is 2.48. The molecule has 1 radical (unpaired) electrons. The lowest BCUT2D eigenvalue weighted by molar-refractivity contribution is 0.408. The molecule has 0 aromatic heterocycles. The van der Waals surface area contributed by atoms with E-state index in [4.69, 9.17) is 4.74 Å². The molecule has 0 unspecified atom stereocenters. The van der Waals surface area contributed by atoms with Crippen LogP contribution in [-0.4, -0.2) is 12.2 Å². The maximum absolute atomic E-state index is 13.0. The van der Waals surface area contributed by atoms with Crippen molar-refractivity contribution in [2.45, 2.75) is 0 Å². The third kappa shape index (κ3) is 1.98. The number of ether oxygens (including phenoxy) is 1. The van der Waals surface area contributed by atoms with E-state index in [1.807, 2.05) is 0 Å². The van der Waals surface area contributed by atoms with Crippen molar-refractivity contribution in [2.75, 3.05) is 7.11 Å². The number of phenols is 1. The summed E-state index contributed by atoms with van der Waals surface area (Å²) in [6.07, 6.45) is 0. The van der Waals surface area contributed by atoms with Crippen LogP contribution in [0.1, 0.15) is 0 Å².